The highest BCUT2D eigenvalue weighted by Gasteiger charge is 2.14. The molecule has 0 atom stereocenters. The van der Waals surface area contributed by atoms with Gasteiger partial charge in [0.2, 0.25) is 0 Å². The van der Waals surface area contributed by atoms with E-state index < -0.39 is 0 Å². The minimum Gasteiger partial charge on any atom is -0.330 e. The first-order valence-electron chi connectivity index (χ1n) is 5.38. The number of rotatable bonds is 4. The van der Waals surface area contributed by atoms with Crippen molar-refractivity contribution in [3.63, 3.8) is 0 Å². The van der Waals surface area contributed by atoms with Crippen molar-refractivity contribution in [1.29, 1.82) is 0 Å². The zero-order valence-corrected chi connectivity index (χ0v) is 10.7. The molecule has 90 valence electrons. The third kappa shape index (κ3) is 2.65. The molecule has 2 aromatic heterocycles. The normalized spacial score (nSPS) is 10.8. The summed E-state index contributed by atoms with van der Waals surface area (Å²) >= 11 is 1.57. The Kier molecular flexibility index (Phi) is 3.75. The molecule has 2 aromatic rings. The standard InChI is InChI=1S/C11H15N5S/c1-8-9(3-4-12)11(16(2)15-8)17-10-7-13-5-6-14-10/h5-7H,3-4,12H2,1-2H3. The lowest BCUT2D eigenvalue weighted by atomic mass is 10.2. The van der Waals surface area contributed by atoms with E-state index >= 15 is 0 Å². The van der Waals surface area contributed by atoms with E-state index in [2.05, 4.69) is 15.1 Å². The minimum atomic E-state index is 0.626. The van der Waals surface area contributed by atoms with Crippen molar-refractivity contribution in [2.45, 2.75) is 23.4 Å². The molecule has 2 heterocycles. The van der Waals surface area contributed by atoms with Gasteiger partial charge in [0.1, 0.15) is 10.1 Å². The number of aromatic nitrogens is 4. The van der Waals surface area contributed by atoms with Crippen molar-refractivity contribution in [2.75, 3.05) is 6.54 Å². The molecule has 0 radical (unpaired) electrons. The van der Waals surface area contributed by atoms with Crippen molar-refractivity contribution in [3.05, 3.63) is 29.8 Å². The first kappa shape index (κ1) is 12.1. The van der Waals surface area contributed by atoms with Crippen LogP contribution in [0.1, 0.15) is 11.3 Å². The highest BCUT2D eigenvalue weighted by Crippen LogP contribution is 2.29. The summed E-state index contributed by atoms with van der Waals surface area (Å²) < 4.78 is 1.87. The largest absolute Gasteiger partial charge is 0.330 e. The van der Waals surface area contributed by atoms with Crippen LogP contribution in [0.5, 0.6) is 0 Å². The highest BCUT2D eigenvalue weighted by atomic mass is 32.2. The van der Waals surface area contributed by atoms with Gasteiger partial charge in [-0.2, -0.15) is 5.10 Å². The van der Waals surface area contributed by atoms with Gasteiger partial charge in [-0.1, -0.05) is 0 Å². The van der Waals surface area contributed by atoms with E-state index in [-0.39, 0.29) is 0 Å². The van der Waals surface area contributed by atoms with Crippen molar-refractivity contribution in [2.24, 2.45) is 12.8 Å². The predicted molar refractivity (Wildman–Crippen MR) is 66.9 cm³/mol. The van der Waals surface area contributed by atoms with Gasteiger partial charge in [-0.05, 0) is 31.7 Å². The molecule has 0 spiro atoms. The Hall–Kier alpha value is -1.40. The fourth-order valence-electron chi connectivity index (χ4n) is 1.68. The molecule has 0 amide bonds. The zero-order valence-electron chi connectivity index (χ0n) is 9.92. The number of nitrogens with two attached hydrogens (primary N) is 1. The van der Waals surface area contributed by atoms with Crippen LogP contribution in [0.15, 0.2) is 28.6 Å². The van der Waals surface area contributed by atoms with Gasteiger partial charge in [-0.3, -0.25) is 9.67 Å². The van der Waals surface area contributed by atoms with Crippen molar-refractivity contribution >= 4 is 11.8 Å². The number of aryl methyl sites for hydroxylation is 2. The Morgan fingerprint density at radius 2 is 2.24 bits per heavy atom. The molecule has 0 aromatic carbocycles. The average molecular weight is 249 g/mol. The van der Waals surface area contributed by atoms with Crippen LogP contribution in [-0.4, -0.2) is 26.3 Å². The number of hydrogen-bond acceptors (Lipinski definition) is 5. The molecule has 0 saturated carbocycles. The molecule has 6 heteroatoms. The quantitative estimate of drug-likeness (QED) is 0.881. The molecule has 0 saturated heterocycles. The molecule has 17 heavy (non-hydrogen) atoms. The van der Waals surface area contributed by atoms with Crippen molar-refractivity contribution in [3.8, 4) is 0 Å². The van der Waals surface area contributed by atoms with Crippen LogP contribution in [0.25, 0.3) is 0 Å². The van der Waals surface area contributed by atoms with Crippen LogP contribution < -0.4 is 5.73 Å². The summed E-state index contributed by atoms with van der Waals surface area (Å²) in [5.41, 5.74) is 7.86. The van der Waals surface area contributed by atoms with Crippen molar-refractivity contribution in [1.82, 2.24) is 19.7 Å². The van der Waals surface area contributed by atoms with E-state index in [1.165, 1.54) is 5.56 Å². The van der Waals surface area contributed by atoms with E-state index in [1.807, 2.05) is 18.7 Å². The van der Waals surface area contributed by atoms with Crippen LogP contribution in [0.4, 0.5) is 0 Å². The molecular formula is C11H15N5S. The van der Waals surface area contributed by atoms with Gasteiger partial charge in [0.15, 0.2) is 0 Å². The maximum absolute atomic E-state index is 5.63. The first-order valence-corrected chi connectivity index (χ1v) is 6.20. The van der Waals surface area contributed by atoms with Crippen molar-refractivity contribution < 1.29 is 0 Å². The molecule has 0 bridgehead atoms. The van der Waals surface area contributed by atoms with Gasteiger partial charge in [-0.25, -0.2) is 4.98 Å². The Morgan fingerprint density at radius 3 is 2.88 bits per heavy atom. The summed E-state index contributed by atoms with van der Waals surface area (Å²) in [6.07, 6.45) is 5.94. The molecule has 0 unspecified atom stereocenters. The smallest absolute Gasteiger partial charge is 0.121 e. The van der Waals surface area contributed by atoms with Crippen LogP contribution in [0, 0.1) is 6.92 Å². The molecule has 5 nitrogen and oxygen atoms in total. The topological polar surface area (TPSA) is 69.6 Å². The van der Waals surface area contributed by atoms with Gasteiger partial charge in [0.05, 0.1) is 11.9 Å². The second kappa shape index (κ2) is 5.29. The van der Waals surface area contributed by atoms with Crippen LogP contribution >= 0.6 is 11.8 Å². The molecule has 0 aliphatic heterocycles. The van der Waals surface area contributed by atoms with Gasteiger partial charge in [0, 0.05) is 25.0 Å². The molecule has 0 aliphatic carbocycles. The Balaban J connectivity index is 2.31. The Labute approximate surface area is 104 Å². The Morgan fingerprint density at radius 1 is 1.41 bits per heavy atom. The van der Waals surface area contributed by atoms with E-state index in [1.54, 1.807) is 30.4 Å². The number of hydrogen-bond donors (Lipinski definition) is 1. The highest BCUT2D eigenvalue weighted by molar-refractivity contribution is 7.99. The maximum atomic E-state index is 5.63. The summed E-state index contributed by atoms with van der Waals surface area (Å²) in [6, 6.07) is 0. The predicted octanol–water partition coefficient (Wildman–Crippen LogP) is 1.17. The Bertz CT molecular complexity index is 494. The summed E-state index contributed by atoms with van der Waals surface area (Å²) in [6.45, 7) is 2.63. The van der Waals surface area contributed by atoms with Crippen LogP contribution in [0.2, 0.25) is 0 Å². The monoisotopic (exact) mass is 249 g/mol. The fourth-order valence-corrected chi connectivity index (χ4v) is 2.65. The lowest BCUT2D eigenvalue weighted by Crippen LogP contribution is -2.04. The van der Waals surface area contributed by atoms with E-state index in [0.717, 1.165) is 22.2 Å². The summed E-state index contributed by atoms with van der Waals surface area (Å²) in [4.78, 5) is 8.31. The first-order chi connectivity index (χ1) is 8.22. The molecular weight excluding hydrogens is 234 g/mol. The lowest BCUT2D eigenvalue weighted by Gasteiger charge is -2.04. The van der Waals surface area contributed by atoms with Gasteiger partial charge in [0.25, 0.3) is 0 Å². The van der Waals surface area contributed by atoms with E-state index in [4.69, 9.17) is 5.73 Å². The molecule has 2 N–H and O–H groups in total. The van der Waals surface area contributed by atoms with E-state index in [0.29, 0.717) is 6.54 Å². The molecule has 0 aliphatic rings. The second-order valence-corrected chi connectivity index (χ2v) is 4.69. The number of nitrogens with zero attached hydrogens (tertiary/aromatic N) is 4. The molecule has 2 rings (SSSR count). The van der Waals surface area contributed by atoms with Crippen LogP contribution in [-0.2, 0) is 13.5 Å². The third-order valence-electron chi connectivity index (χ3n) is 2.42. The summed E-state index contributed by atoms with van der Waals surface area (Å²) in [5, 5.41) is 6.38. The fraction of sp³-hybridized carbons (Fsp3) is 0.364. The lowest BCUT2D eigenvalue weighted by molar-refractivity contribution is 0.687. The SMILES string of the molecule is Cc1nn(C)c(Sc2cnccn2)c1CCN. The zero-order chi connectivity index (χ0) is 12.3. The van der Waals surface area contributed by atoms with Crippen LogP contribution in [0.3, 0.4) is 0 Å². The second-order valence-electron chi connectivity index (χ2n) is 3.68. The average Bonchev–Trinajstić information content (AvgIpc) is 2.58. The third-order valence-corrected chi connectivity index (χ3v) is 3.55. The maximum Gasteiger partial charge on any atom is 0.121 e. The van der Waals surface area contributed by atoms with Gasteiger partial charge >= 0.3 is 0 Å². The van der Waals surface area contributed by atoms with Gasteiger partial charge < -0.3 is 5.73 Å². The minimum absolute atomic E-state index is 0.626. The van der Waals surface area contributed by atoms with Gasteiger partial charge in [-0.15, -0.1) is 0 Å². The summed E-state index contributed by atoms with van der Waals surface area (Å²) in [5.74, 6) is 0. The summed E-state index contributed by atoms with van der Waals surface area (Å²) in [7, 11) is 1.94. The molecule has 0 fully saturated rings. The van der Waals surface area contributed by atoms with E-state index in [9.17, 15) is 0 Å².